The molecule has 2 aromatic carbocycles. The maximum atomic E-state index is 9.62. The first-order valence-electron chi connectivity index (χ1n) is 3.79. The summed E-state index contributed by atoms with van der Waals surface area (Å²) in [7, 11) is 0. The Bertz CT molecular complexity index is 466. The SMILES string of the molecule is Oc1cccc2c(O)c(Br)ccc12. The van der Waals surface area contributed by atoms with E-state index < -0.39 is 0 Å². The van der Waals surface area contributed by atoms with Crippen molar-refractivity contribution >= 4 is 26.7 Å². The van der Waals surface area contributed by atoms with Crippen LogP contribution in [-0.4, -0.2) is 10.2 Å². The van der Waals surface area contributed by atoms with Crippen LogP contribution in [0.25, 0.3) is 10.8 Å². The van der Waals surface area contributed by atoms with Crippen LogP contribution in [0.3, 0.4) is 0 Å². The Balaban J connectivity index is 2.94. The summed E-state index contributed by atoms with van der Waals surface area (Å²) in [5, 5.41) is 20.4. The number of hydrogen-bond acceptors (Lipinski definition) is 2. The summed E-state index contributed by atoms with van der Waals surface area (Å²) in [6.07, 6.45) is 0. The molecule has 0 aromatic heterocycles. The first-order valence-corrected chi connectivity index (χ1v) is 4.58. The Morgan fingerprint density at radius 3 is 2.46 bits per heavy atom. The van der Waals surface area contributed by atoms with Gasteiger partial charge in [0.25, 0.3) is 0 Å². The number of aromatic hydroxyl groups is 2. The molecule has 2 N–H and O–H groups in total. The fraction of sp³-hybridized carbons (Fsp3) is 0. The average molecular weight is 239 g/mol. The van der Waals surface area contributed by atoms with Crippen LogP contribution in [0.4, 0.5) is 0 Å². The predicted molar refractivity (Wildman–Crippen MR) is 55.0 cm³/mol. The highest BCUT2D eigenvalue weighted by atomic mass is 79.9. The van der Waals surface area contributed by atoms with Gasteiger partial charge in [-0.3, -0.25) is 0 Å². The Kier molecular flexibility index (Phi) is 1.88. The van der Waals surface area contributed by atoms with Crippen molar-refractivity contribution in [2.75, 3.05) is 0 Å². The molecule has 0 aliphatic heterocycles. The lowest BCUT2D eigenvalue weighted by Crippen LogP contribution is -1.76. The van der Waals surface area contributed by atoms with E-state index in [1.165, 1.54) is 0 Å². The Labute approximate surface area is 83.6 Å². The fourth-order valence-corrected chi connectivity index (χ4v) is 1.64. The molecule has 3 heteroatoms. The lowest BCUT2D eigenvalue weighted by atomic mass is 10.1. The van der Waals surface area contributed by atoms with Crippen LogP contribution in [0.2, 0.25) is 0 Å². The summed E-state index contributed by atoms with van der Waals surface area (Å²) < 4.78 is 0.630. The average Bonchev–Trinajstić information content (AvgIpc) is 2.12. The summed E-state index contributed by atoms with van der Waals surface area (Å²) in [6, 6.07) is 8.51. The maximum Gasteiger partial charge on any atom is 0.137 e. The van der Waals surface area contributed by atoms with Gasteiger partial charge in [0.05, 0.1) is 4.47 Å². The number of benzene rings is 2. The van der Waals surface area contributed by atoms with E-state index in [4.69, 9.17) is 0 Å². The van der Waals surface area contributed by atoms with Crippen molar-refractivity contribution in [3.05, 3.63) is 34.8 Å². The van der Waals surface area contributed by atoms with Gasteiger partial charge in [-0.05, 0) is 34.1 Å². The molecule has 2 aromatic rings. The normalized spacial score (nSPS) is 10.5. The van der Waals surface area contributed by atoms with Gasteiger partial charge in [-0.2, -0.15) is 0 Å². The largest absolute Gasteiger partial charge is 0.507 e. The summed E-state index contributed by atoms with van der Waals surface area (Å²) in [4.78, 5) is 0. The second-order valence-corrected chi connectivity index (χ2v) is 3.62. The molecule has 0 atom stereocenters. The highest BCUT2D eigenvalue weighted by molar-refractivity contribution is 9.10. The molecule has 0 amide bonds. The van der Waals surface area contributed by atoms with E-state index in [-0.39, 0.29) is 11.5 Å². The molecule has 13 heavy (non-hydrogen) atoms. The number of phenols is 2. The molecular formula is C10H7BrO2. The van der Waals surface area contributed by atoms with Crippen LogP contribution in [0.5, 0.6) is 11.5 Å². The molecule has 2 rings (SSSR count). The minimum absolute atomic E-state index is 0.161. The summed E-state index contributed by atoms with van der Waals surface area (Å²) in [5.74, 6) is 0.341. The highest BCUT2D eigenvalue weighted by Gasteiger charge is 2.05. The second kappa shape index (κ2) is 2.92. The molecular weight excluding hydrogens is 232 g/mol. The van der Waals surface area contributed by atoms with Crippen molar-refractivity contribution in [2.45, 2.75) is 0 Å². The van der Waals surface area contributed by atoms with Crippen molar-refractivity contribution in [3.63, 3.8) is 0 Å². The quantitative estimate of drug-likeness (QED) is 0.741. The Morgan fingerprint density at radius 1 is 0.923 bits per heavy atom. The molecule has 0 spiro atoms. The maximum absolute atomic E-state index is 9.62. The molecule has 0 unspecified atom stereocenters. The van der Waals surface area contributed by atoms with Gasteiger partial charge in [0.2, 0.25) is 0 Å². The van der Waals surface area contributed by atoms with E-state index in [9.17, 15) is 10.2 Å². The zero-order chi connectivity index (χ0) is 9.42. The van der Waals surface area contributed by atoms with Crippen molar-refractivity contribution in [1.29, 1.82) is 0 Å². The molecule has 0 saturated carbocycles. The van der Waals surface area contributed by atoms with Crippen LogP contribution in [0.15, 0.2) is 34.8 Å². The van der Waals surface area contributed by atoms with Crippen LogP contribution < -0.4 is 0 Å². The zero-order valence-corrected chi connectivity index (χ0v) is 8.25. The van der Waals surface area contributed by atoms with Crippen molar-refractivity contribution in [1.82, 2.24) is 0 Å². The Morgan fingerprint density at radius 2 is 1.69 bits per heavy atom. The van der Waals surface area contributed by atoms with E-state index in [0.29, 0.717) is 15.2 Å². The van der Waals surface area contributed by atoms with Crippen molar-refractivity contribution in [3.8, 4) is 11.5 Å². The number of hydrogen-bond donors (Lipinski definition) is 2. The summed E-state index contributed by atoms with van der Waals surface area (Å²) in [6.45, 7) is 0. The van der Waals surface area contributed by atoms with Gasteiger partial charge in [-0.25, -0.2) is 0 Å². The molecule has 0 heterocycles. The molecule has 66 valence electrons. The number of fused-ring (bicyclic) bond motifs is 1. The van der Waals surface area contributed by atoms with Gasteiger partial charge >= 0.3 is 0 Å². The number of halogens is 1. The van der Waals surface area contributed by atoms with Crippen LogP contribution in [-0.2, 0) is 0 Å². The molecule has 0 fully saturated rings. The van der Waals surface area contributed by atoms with Crippen molar-refractivity contribution in [2.24, 2.45) is 0 Å². The molecule has 0 saturated heterocycles. The molecule has 0 radical (unpaired) electrons. The first kappa shape index (κ1) is 8.38. The van der Waals surface area contributed by atoms with Crippen LogP contribution in [0.1, 0.15) is 0 Å². The molecule has 0 aliphatic rings. The minimum Gasteiger partial charge on any atom is -0.507 e. The molecule has 2 nitrogen and oxygen atoms in total. The van der Waals surface area contributed by atoms with Gasteiger partial charge in [-0.1, -0.05) is 12.1 Å². The minimum atomic E-state index is 0.161. The van der Waals surface area contributed by atoms with Gasteiger partial charge in [0.15, 0.2) is 0 Å². The van der Waals surface area contributed by atoms with E-state index >= 15 is 0 Å². The Hall–Kier alpha value is -1.22. The fourth-order valence-electron chi connectivity index (χ4n) is 1.30. The zero-order valence-electron chi connectivity index (χ0n) is 6.66. The standard InChI is InChI=1S/C10H7BrO2/c11-8-5-4-6-7(10(8)13)2-1-3-9(6)12/h1-5,12-13H. The third kappa shape index (κ3) is 1.25. The smallest absolute Gasteiger partial charge is 0.137 e. The number of phenolic OH excluding ortho intramolecular Hbond substituents is 2. The molecule has 0 aliphatic carbocycles. The van der Waals surface area contributed by atoms with Gasteiger partial charge in [0, 0.05) is 10.8 Å². The molecule has 0 bridgehead atoms. The topological polar surface area (TPSA) is 40.5 Å². The van der Waals surface area contributed by atoms with Crippen LogP contribution >= 0.6 is 15.9 Å². The third-order valence-corrected chi connectivity index (χ3v) is 2.60. The van der Waals surface area contributed by atoms with E-state index in [0.717, 1.165) is 0 Å². The number of rotatable bonds is 0. The van der Waals surface area contributed by atoms with E-state index in [1.807, 2.05) is 0 Å². The summed E-state index contributed by atoms with van der Waals surface area (Å²) >= 11 is 3.21. The van der Waals surface area contributed by atoms with E-state index in [1.54, 1.807) is 30.3 Å². The highest BCUT2D eigenvalue weighted by Crippen LogP contribution is 2.35. The lowest BCUT2D eigenvalue weighted by molar-refractivity contribution is 0.473. The second-order valence-electron chi connectivity index (χ2n) is 2.77. The van der Waals surface area contributed by atoms with Crippen molar-refractivity contribution < 1.29 is 10.2 Å². The van der Waals surface area contributed by atoms with Gasteiger partial charge < -0.3 is 10.2 Å². The van der Waals surface area contributed by atoms with Gasteiger partial charge in [0.1, 0.15) is 11.5 Å². The van der Waals surface area contributed by atoms with E-state index in [2.05, 4.69) is 15.9 Å². The monoisotopic (exact) mass is 238 g/mol. The summed E-state index contributed by atoms with van der Waals surface area (Å²) in [5.41, 5.74) is 0. The predicted octanol–water partition coefficient (Wildman–Crippen LogP) is 3.01. The van der Waals surface area contributed by atoms with Crippen LogP contribution in [0, 0.1) is 0 Å². The third-order valence-electron chi connectivity index (χ3n) is 1.96. The van der Waals surface area contributed by atoms with Gasteiger partial charge in [-0.15, -0.1) is 0 Å². The first-order chi connectivity index (χ1) is 6.20. The lowest BCUT2D eigenvalue weighted by Gasteiger charge is -2.03.